The van der Waals surface area contributed by atoms with Crippen LogP contribution in [0.3, 0.4) is 0 Å². The molecule has 1 atom stereocenters. The Hall–Kier alpha value is -1.92. The molecule has 1 saturated carbocycles. The molecule has 0 radical (unpaired) electrons. The van der Waals surface area contributed by atoms with Gasteiger partial charge in [0.2, 0.25) is 5.91 Å². The van der Waals surface area contributed by atoms with E-state index in [-0.39, 0.29) is 11.8 Å². The van der Waals surface area contributed by atoms with Crippen LogP contribution in [0.15, 0.2) is 22.6 Å². The largest absolute Gasteiger partial charge is 0.440 e. The number of hydrogen-bond donors (Lipinski definition) is 1. The molecule has 0 unspecified atom stereocenters. The molecular formula is C18H23N3O3. The lowest BCUT2D eigenvalue weighted by atomic mass is 10.1. The SMILES string of the molecule is C[C@H](CN1CCOCC1)C(=O)Nc1ccc2nc(C3CC3)oc2c1. The zero-order valence-corrected chi connectivity index (χ0v) is 14.0. The van der Waals surface area contributed by atoms with Crippen LogP contribution in [0.2, 0.25) is 0 Å². The van der Waals surface area contributed by atoms with Gasteiger partial charge in [-0.1, -0.05) is 6.92 Å². The third-order valence-electron chi connectivity index (χ3n) is 4.68. The molecular weight excluding hydrogens is 306 g/mol. The molecule has 2 aromatic rings. The van der Waals surface area contributed by atoms with Crippen molar-refractivity contribution in [2.24, 2.45) is 5.92 Å². The summed E-state index contributed by atoms with van der Waals surface area (Å²) in [6.45, 7) is 6.01. The van der Waals surface area contributed by atoms with Crippen LogP contribution >= 0.6 is 0 Å². The van der Waals surface area contributed by atoms with Crippen LogP contribution in [-0.2, 0) is 9.53 Å². The van der Waals surface area contributed by atoms with Crippen LogP contribution < -0.4 is 5.32 Å². The van der Waals surface area contributed by atoms with E-state index in [0.717, 1.165) is 68.4 Å². The molecule has 1 aliphatic heterocycles. The summed E-state index contributed by atoms with van der Waals surface area (Å²) in [6, 6.07) is 5.67. The summed E-state index contributed by atoms with van der Waals surface area (Å²) in [5, 5.41) is 2.99. The molecule has 1 aliphatic carbocycles. The summed E-state index contributed by atoms with van der Waals surface area (Å²) in [7, 11) is 0. The summed E-state index contributed by atoms with van der Waals surface area (Å²) < 4.78 is 11.2. The normalized spacial score (nSPS) is 20.2. The minimum Gasteiger partial charge on any atom is -0.440 e. The van der Waals surface area contributed by atoms with Crippen LogP contribution in [0.4, 0.5) is 5.69 Å². The molecule has 4 rings (SSSR count). The van der Waals surface area contributed by atoms with Gasteiger partial charge in [0.25, 0.3) is 0 Å². The molecule has 6 heteroatoms. The average molecular weight is 329 g/mol. The first-order valence-electron chi connectivity index (χ1n) is 8.70. The van der Waals surface area contributed by atoms with Crippen molar-refractivity contribution in [2.75, 3.05) is 38.2 Å². The second-order valence-electron chi connectivity index (χ2n) is 6.81. The number of nitrogens with zero attached hydrogens (tertiary/aromatic N) is 2. The zero-order chi connectivity index (χ0) is 16.5. The van der Waals surface area contributed by atoms with Crippen molar-refractivity contribution in [3.63, 3.8) is 0 Å². The molecule has 2 aliphatic rings. The standard InChI is InChI=1S/C18H23N3O3/c1-12(11-21-6-8-23-9-7-21)17(22)19-14-4-5-15-16(10-14)24-18(20-15)13-2-3-13/h4-5,10,12-13H,2-3,6-9,11H2,1H3,(H,19,22)/t12-/m1/s1. The number of benzene rings is 1. The van der Waals surface area contributed by atoms with Crippen LogP contribution in [0, 0.1) is 5.92 Å². The monoisotopic (exact) mass is 329 g/mol. The fourth-order valence-electron chi connectivity index (χ4n) is 3.04. The van der Waals surface area contributed by atoms with Gasteiger partial charge in [0.15, 0.2) is 11.5 Å². The van der Waals surface area contributed by atoms with Crippen molar-refractivity contribution >= 4 is 22.7 Å². The minimum atomic E-state index is -0.0736. The molecule has 24 heavy (non-hydrogen) atoms. The average Bonchev–Trinajstić information content (AvgIpc) is 3.35. The van der Waals surface area contributed by atoms with Gasteiger partial charge in [0.05, 0.1) is 13.2 Å². The summed E-state index contributed by atoms with van der Waals surface area (Å²) in [6.07, 6.45) is 2.32. The topological polar surface area (TPSA) is 67.6 Å². The van der Waals surface area contributed by atoms with E-state index in [9.17, 15) is 4.79 Å². The molecule has 1 aromatic heterocycles. The van der Waals surface area contributed by atoms with Gasteiger partial charge < -0.3 is 14.5 Å². The lowest BCUT2D eigenvalue weighted by Crippen LogP contribution is -2.41. The van der Waals surface area contributed by atoms with Gasteiger partial charge in [0.1, 0.15) is 5.52 Å². The molecule has 0 bridgehead atoms. The van der Waals surface area contributed by atoms with Crippen molar-refractivity contribution in [1.82, 2.24) is 9.88 Å². The van der Waals surface area contributed by atoms with Gasteiger partial charge in [0, 0.05) is 43.2 Å². The maximum absolute atomic E-state index is 12.4. The number of amides is 1. The molecule has 1 saturated heterocycles. The second kappa shape index (κ2) is 6.53. The second-order valence-corrected chi connectivity index (χ2v) is 6.81. The van der Waals surface area contributed by atoms with Crippen LogP contribution in [-0.4, -0.2) is 48.6 Å². The number of nitrogens with one attached hydrogen (secondary N) is 1. The Kier molecular flexibility index (Phi) is 4.24. The first kappa shape index (κ1) is 15.6. The molecule has 128 valence electrons. The zero-order valence-electron chi connectivity index (χ0n) is 14.0. The van der Waals surface area contributed by atoms with Crippen LogP contribution in [0.5, 0.6) is 0 Å². The van der Waals surface area contributed by atoms with E-state index in [1.165, 1.54) is 0 Å². The number of hydrogen-bond acceptors (Lipinski definition) is 5. The Balaban J connectivity index is 1.39. The Morgan fingerprint density at radius 3 is 2.92 bits per heavy atom. The van der Waals surface area contributed by atoms with Gasteiger partial charge in [-0.15, -0.1) is 0 Å². The van der Waals surface area contributed by atoms with Crippen LogP contribution in [0.25, 0.3) is 11.1 Å². The Labute approximate surface area is 141 Å². The van der Waals surface area contributed by atoms with Crippen molar-refractivity contribution in [2.45, 2.75) is 25.7 Å². The summed E-state index contributed by atoms with van der Waals surface area (Å²) in [5.41, 5.74) is 2.37. The van der Waals surface area contributed by atoms with E-state index in [1.54, 1.807) is 0 Å². The number of carbonyl (C=O) groups excluding carboxylic acids is 1. The van der Waals surface area contributed by atoms with Crippen molar-refractivity contribution in [3.05, 3.63) is 24.1 Å². The van der Waals surface area contributed by atoms with E-state index < -0.39 is 0 Å². The van der Waals surface area contributed by atoms with Crippen molar-refractivity contribution in [1.29, 1.82) is 0 Å². The molecule has 1 N–H and O–H groups in total. The molecule has 6 nitrogen and oxygen atoms in total. The molecule has 2 fully saturated rings. The number of carbonyl (C=O) groups is 1. The highest BCUT2D eigenvalue weighted by molar-refractivity contribution is 5.94. The number of oxazole rings is 1. The van der Waals surface area contributed by atoms with E-state index in [4.69, 9.17) is 9.15 Å². The summed E-state index contributed by atoms with van der Waals surface area (Å²) in [5.74, 6) is 1.27. The Bertz CT molecular complexity index is 732. The van der Waals surface area contributed by atoms with Crippen molar-refractivity contribution < 1.29 is 13.9 Å². The number of morpholine rings is 1. The number of ether oxygens (including phenoxy) is 1. The van der Waals surface area contributed by atoms with E-state index in [2.05, 4.69) is 15.2 Å². The van der Waals surface area contributed by atoms with E-state index in [0.29, 0.717) is 5.92 Å². The fraction of sp³-hybridized carbons (Fsp3) is 0.556. The van der Waals surface area contributed by atoms with Gasteiger partial charge in [-0.25, -0.2) is 4.98 Å². The minimum absolute atomic E-state index is 0.0303. The maximum atomic E-state index is 12.4. The summed E-state index contributed by atoms with van der Waals surface area (Å²) >= 11 is 0. The third kappa shape index (κ3) is 3.44. The quantitative estimate of drug-likeness (QED) is 0.913. The number of rotatable bonds is 5. The number of aromatic nitrogens is 1. The smallest absolute Gasteiger partial charge is 0.228 e. The van der Waals surface area contributed by atoms with Gasteiger partial charge in [-0.2, -0.15) is 0 Å². The highest BCUT2D eigenvalue weighted by atomic mass is 16.5. The number of anilines is 1. The first-order valence-corrected chi connectivity index (χ1v) is 8.70. The summed E-state index contributed by atoms with van der Waals surface area (Å²) in [4.78, 5) is 19.2. The maximum Gasteiger partial charge on any atom is 0.228 e. The van der Waals surface area contributed by atoms with Crippen molar-refractivity contribution in [3.8, 4) is 0 Å². The van der Waals surface area contributed by atoms with E-state index in [1.807, 2.05) is 25.1 Å². The van der Waals surface area contributed by atoms with Gasteiger partial charge >= 0.3 is 0 Å². The molecule has 0 spiro atoms. The third-order valence-corrected chi connectivity index (χ3v) is 4.68. The lowest BCUT2D eigenvalue weighted by Gasteiger charge is -2.28. The predicted octanol–water partition coefficient (Wildman–Crippen LogP) is 2.61. The fourth-order valence-corrected chi connectivity index (χ4v) is 3.04. The highest BCUT2D eigenvalue weighted by Gasteiger charge is 2.29. The van der Waals surface area contributed by atoms with Gasteiger partial charge in [-0.05, 0) is 25.0 Å². The Morgan fingerprint density at radius 2 is 2.17 bits per heavy atom. The Morgan fingerprint density at radius 1 is 1.38 bits per heavy atom. The molecule has 2 heterocycles. The van der Waals surface area contributed by atoms with Crippen LogP contribution in [0.1, 0.15) is 31.6 Å². The lowest BCUT2D eigenvalue weighted by molar-refractivity contribution is -0.120. The number of fused-ring (bicyclic) bond motifs is 1. The van der Waals surface area contributed by atoms with Gasteiger partial charge in [-0.3, -0.25) is 9.69 Å². The first-order chi connectivity index (χ1) is 11.7. The predicted molar refractivity (Wildman–Crippen MR) is 91.0 cm³/mol. The highest BCUT2D eigenvalue weighted by Crippen LogP contribution is 2.40. The molecule has 1 aromatic carbocycles. The molecule has 1 amide bonds. The van der Waals surface area contributed by atoms with E-state index >= 15 is 0 Å².